The summed E-state index contributed by atoms with van der Waals surface area (Å²) in [7, 11) is -3.31. The van der Waals surface area contributed by atoms with Crippen LogP contribution in [0.2, 0.25) is 0 Å². The molecule has 2 aliphatic carbocycles. The van der Waals surface area contributed by atoms with Gasteiger partial charge in [0.1, 0.15) is 0 Å². The van der Waals surface area contributed by atoms with Gasteiger partial charge in [0, 0.05) is 18.6 Å². The van der Waals surface area contributed by atoms with Crippen LogP contribution in [-0.2, 0) is 21.2 Å². The van der Waals surface area contributed by atoms with Crippen molar-refractivity contribution in [2.75, 3.05) is 18.8 Å². The SMILES string of the molecule is O=C(O)CN(CC1CC1)C1CC(NS(=O)(=O)CCc2ccccc2)C1. The number of carboxylic acid groups (broad SMARTS) is 1. The maximum atomic E-state index is 12.2. The molecule has 25 heavy (non-hydrogen) atoms. The molecule has 1 aromatic carbocycles. The summed E-state index contributed by atoms with van der Waals surface area (Å²) in [6.45, 7) is 0.874. The highest BCUT2D eigenvalue weighted by Crippen LogP contribution is 2.33. The van der Waals surface area contributed by atoms with Crippen LogP contribution in [0.4, 0.5) is 0 Å². The van der Waals surface area contributed by atoms with E-state index in [1.807, 2.05) is 35.2 Å². The van der Waals surface area contributed by atoms with Gasteiger partial charge in [0.2, 0.25) is 10.0 Å². The Balaban J connectivity index is 1.44. The number of nitrogens with zero attached hydrogens (tertiary/aromatic N) is 1. The van der Waals surface area contributed by atoms with E-state index in [1.54, 1.807) is 0 Å². The molecule has 0 amide bonds. The number of sulfonamides is 1. The predicted molar refractivity (Wildman–Crippen MR) is 95.8 cm³/mol. The summed E-state index contributed by atoms with van der Waals surface area (Å²) in [6.07, 6.45) is 4.26. The third kappa shape index (κ3) is 5.80. The van der Waals surface area contributed by atoms with Crippen LogP contribution in [-0.4, -0.2) is 55.3 Å². The zero-order chi connectivity index (χ0) is 17.9. The van der Waals surface area contributed by atoms with Gasteiger partial charge in [-0.1, -0.05) is 30.3 Å². The smallest absolute Gasteiger partial charge is 0.317 e. The Morgan fingerprint density at radius 2 is 1.88 bits per heavy atom. The highest BCUT2D eigenvalue weighted by Gasteiger charge is 2.38. The minimum Gasteiger partial charge on any atom is -0.480 e. The van der Waals surface area contributed by atoms with E-state index < -0.39 is 16.0 Å². The van der Waals surface area contributed by atoms with Crippen molar-refractivity contribution in [1.82, 2.24) is 9.62 Å². The minimum atomic E-state index is -3.31. The first-order chi connectivity index (χ1) is 11.9. The number of carboxylic acids is 1. The molecule has 0 aliphatic heterocycles. The number of benzene rings is 1. The lowest BCUT2D eigenvalue weighted by atomic mass is 9.86. The Hall–Kier alpha value is -1.44. The first-order valence-electron chi connectivity index (χ1n) is 8.91. The van der Waals surface area contributed by atoms with Gasteiger partial charge in [0.05, 0.1) is 12.3 Å². The Kier molecular flexibility index (Phi) is 5.76. The van der Waals surface area contributed by atoms with E-state index in [0.29, 0.717) is 25.2 Å². The second-order valence-electron chi connectivity index (χ2n) is 7.26. The molecule has 0 bridgehead atoms. The zero-order valence-corrected chi connectivity index (χ0v) is 15.1. The van der Waals surface area contributed by atoms with Crippen molar-refractivity contribution in [2.45, 2.75) is 44.2 Å². The maximum Gasteiger partial charge on any atom is 0.317 e. The number of rotatable bonds is 10. The van der Waals surface area contributed by atoms with Gasteiger partial charge in [-0.3, -0.25) is 9.69 Å². The zero-order valence-electron chi connectivity index (χ0n) is 14.3. The molecule has 0 atom stereocenters. The lowest BCUT2D eigenvalue weighted by molar-refractivity contribution is -0.139. The molecule has 2 saturated carbocycles. The predicted octanol–water partition coefficient (Wildman–Crippen LogP) is 1.48. The third-order valence-electron chi connectivity index (χ3n) is 5.01. The summed E-state index contributed by atoms with van der Waals surface area (Å²) < 4.78 is 27.2. The molecule has 3 rings (SSSR count). The van der Waals surface area contributed by atoms with Crippen LogP contribution in [0.3, 0.4) is 0 Å². The molecule has 2 aliphatic rings. The van der Waals surface area contributed by atoms with Crippen LogP contribution in [0.5, 0.6) is 0 Å². The van der Waals surface area contributed by atoms with Crippen molar-refractivity contribution in [2.24, 2.45) is 5.92 Å². The molecule has 7 heteroatoms. The van der Waals surface area contributed by atoms with E-state index in [4.69, 9.17) is 5.11 Å². The molecule has 0 saturated heterocycles. The number of aliphatic carboxylic acids is 1. The van der Waals surface area contributed by atoms with Gasteiger partial charge in [-0.2, -0.15) is 0 Å². The normalized spacial score (nSPS) is 23.4. The van der Waals surface area contributed by atoms with Crippen LogP contribution in [0.25, 0.3) is 0 Å². The molecule has 1 aromatic rings. The molecule has 2 fully saturated rings. The average Bonchev–Trinajstić information content (AvgIpc) is 3.33. The standard InChI is InChI=1S/C18H26N2O4S/c21-18(22)13-20(12-15-6-7-15)17-10-16(11-17)19-25(23,24)9-8-14-4-2-1-3-5-14/h1-5,15-17,19H,6-13H2,(H,21,22). The van der Waals surface area contributed by atoms with E-state index in [2.05, 4.69) is 4.72 Å². The molecule has 0 spiro atoms. The fourth-order valence-corrected chi connectivity index (χ4v) is 4.66. The fourth-order valence-electron chi connectivity index (χ4n) is 3.34. The van der Waals surface area contributed by atoms with Crippen molar-refractivity contribution in [1.29, 1.82) is 0 Å². The topological polar surface area (TPSA) is 86.7 Å². The van der Waals surface area contributed by atoms with Crippen LogP contribution in [0.1, 0.15) is 31.2 Å². The van der Waals surface area contributed by atoms with Gasteiger partial charge in [-0.25, -0.2) is 13.1 Å². The first kappa shape index (κ1) is 18.4. The summed E-state index contributed by atoms with van der Waals surface area (Å²) in [5, 5.41) is 9.06. The van der Waals surface area contributed by atoms with Crippen molar-refractivity contribution >= 4 is 16.0 Å². The number of aryl methyl sites for hydroxylation is 1. The first-order valence-corrected chi connectivity index (χ1v) is 10.6. The van der Waals surface area contributed by atoms with Crippen LogP contribution in [0.15, 0.2) is 30.3 Å². The van der Waals surface area contributed by atoms with Crippen LogP contribution < -0.4 is 4.72 Å². The summed E-state index contributed by atoms with van der Waals surface area (Å²) in [5.41, 5.74) is 1.01. The number of hydrogen-bond acceptors (Lipinski definition) is 4. The minimum absolute atomic E-state index is 0.0502. The second-order valence-corrected chi connectivity index (χ2v) is 9.13. The van der Waals surface area contributed by atoms with Crippen molar-refractivity contribution in [3.05, 3.63) is 35.9 Å². The number of nitrogens with one attached hydrogen (secondary N) is 1. The van der Waals surface area contributed by atoms with Gasteiger partial charge >= 0.3 is 5.97 Å². The van der Waals surface area contributed by atoms with Gasteiger partial charge in [0.15, 0.2) is 0 Å². The molecular formula is C18H26N2O4S. The quantitative estimate of drug-likeness (QED) is 0.655. The Labute approximate surface area is 149 Å². The van der Waals surface area contributed by atoms with Crippen molar-refractivity contribution in [3.8, 4) is 0 Å². The van der Waals surface area contributed by atoms with E-state index in [9.17, 15) is 13.2 Å². The molecule has 0 radical (unpaired) electrons. The van der Waals surface area contributed by atoms with E-state index >= 15 is 0 Å². The molecule has 6 nitrogen and oxygen atoms in total. The largest absolute Gasteiger partial charge is 0.480 e. The van der Waals surface area contributed by atoms with Crippen molar-refractivity contribution in [3.63, 3.8) is 0 Å². The number of hydrogen-bond donors (Lipinski definition) is 2. The van der Waals surface area contributed by atoms with Gasteiger partial charge in [-0.15, -0.1) is 0 Å². The Bertz CT molecular complexity index is 682. The van der Waals surface area contributed by atoms with Crippen molar-refractivity contribution < 1.29 is 18.3 Å². The highest BCUT2D eigenvalue weighted by molar-refractivity contribution is 7.89. The monoisotopic (exact) mass is 366 g/mol. The summed E-state index contributed by atoms with van der Waals surface area (Å²) in [4.78, 5) is 13.0. The highest BCUT2D eigenvalue weighted by atomic mass is 32.2. The summed E-state index contributed by atoms with van der Waals surface area (Å²) in [6, 6.07) is 9.69. The van der Waals surface area contributed by atoms with Crippen LogP contribution in [0, 0.1) is 5.92 Å². The summed E-state index contributed by atoms with van der Waals surface area (Å²) >= 11 is 0. The van der Waals surface area contributed by atoms with Gasteiger partial charge in [0.25, 0.3) is 0 Å². The maximum absolute atomic E-state index is 12.2. The number of carbonyl (C=O) groups is 1. The second kappa shape index (κ2) is 7.85. The Morgan fingerprint density at radius 1 is 1.20 bits per heavy atom. The average molecular weight is 366 g/mol. The molecule has 138 valence electrons. The Morgan fingerprint density at radius 3 is 2.48 bits per heavy atom. The molecular weight excluding hydrogens is 340 g/mol. The fraction of sp³-hybridized carbons (Fsp3) is 0.611. The van der Waals surface area contributed by atoms with E-state index in [1.165, 1.54) is 12.8 Å². The summed E-state index contributed by atoms with van der Waals surface area (Å²) in [5.74, 6) is -0.104. The molecule has 0 unspecified atom stereocenters. The lowest BCUT2D eigenvalue weighted by Crippen LogP contribution is -2.55. The van der Waals surface area contributed by atoms with E-state index in [-0.39, 0.29) is 24.4 Å². The third-order valence-corrected chi connectivity index (χ3v) is 6.44. The molecule has 0 heterocycles. The van der Waals surface area contributed by atoms with Crippen LogP contribution >= 0.6 is 0 Å². The van der Waals surface area contributed by atoms with Gasteiger partial charge < -0.3 is 5.11 Å². The van der Waals surface area contributed by atoms with E-state index in [0.717, 1.165) is 12.1 Å². The van der Waals surface area contributed by atoms with Gasteiger partial charge in [-0.05, 0) is 43.6 Å². The lowest BCUT2D eigenvalue weighted by Gasteiger charge is -2.42. The molecule has 2 N–H and O–H groups in total. The molecule has 0 aromatic heterocycles.